The van der Waals surface area contributed by atoms with Crippen LogP contribution in [0.25, 0.3) is 6.08 Å². The number of hydrogen-bond donors (Lipinski definition) is 1. The first-order chi connectivity index (χ1) is 11.4. The lowest BCUT2D eigenvalue weighted by molar-refractivity contribution is -0.131. The highest BCUT2D eigenvalue weighted by Crippen LogP contribution is 2.41. The molecule has 1 fully saturated rings. The summed E-state index contributed by atoms with van der Waals surface area (Å²) < 4.78 is 5.96. The van der Waals surface area contributed by atoms with Gasteiger partial charge in [0.25, 0.3) is 0 Å². The summed E-state index contributed by atoms with van der Waals surface area (Å²) in [5.41, 5.74) is 0.327. The third-order valence-electron chi connectivity index (χ3n) is 4.60. The number of carbonyl (C=O) groups excluding carboxylic acids is 3. The van der Waals surface area contributed by atoms with Crippen molar-refractivity contribution < 1.29 is 24.2 Å². The number of aliphatic hydroxyl groups excluding tert-OH is 1. The van der Waals surface area contributed by atoms with E-state index in [0.717, 1.165) is 0 Å². The van der Waals surface area contributed by atoms with E-state index in [1.807, 2.05) is 0 Å². The molecule has 0 aromatic heterocycles. The lowest BCUT2D eigenvalue weighted by atomic mass is 9.85. The van der Waals surface area contributed by atoms with E-state index < -0.39 is 18.0 Å². The summed E-state index contributed by atoms with van der Waals surface area (Å²) in [6.45, 7) is 2.00. The number of nitrogens with zero attached hydrogens (tertiary/aromatic N) is 1. The van der Waals surface area contributed by atoms with Crippen LogP contribution >= 0.6 is 0 Å². The Labute approximate surface area is 139 Å². The molecule has 1 saturated heterocycles. The monoisotopic (exact) mass is 329 g/mol. The molecule has 0 saturated carbocycles. The van der Waals surface area contributed by atoms with E-state index in [-0.39, 0.29) is 11.7 Å². The highest BCUT2D eigenvalue weighted by atomic mass is 16.5. The number of carbonyl (C=O) groups is 3. The number of ether oxygens (including phenoxy) is 1. The van der Waals surface area contributed by atoms with Crippen LogP contribution in [0.4, 0.5) is 0 Å². The van der Waals surface area contributed by atoms with Crippen LogP contribution in [0, 0.1) is 0 Å². The number of ketones is 2. The van der Waals surface area contributed by atoms with Gasteiger partial charge in [0, 0.05) is 32.9 Å². The lowest BCUT2D eigenvalue weighted by Gasteiger charge is -2.36. The average molecular weight is 329 g/mol. The average Bonchev–Trinajstić information content (AvgIpc) is 2.85. The predicted octanol–water partition coefficient (Wildman–Crippen LogP) is 1.22. The second-order valence-corrected chi connectivity index (χ2v) is 6.14. The third kappa shape index (κ3) is 2.85. The maximum atomic E-state index is 12.8. The molecule has 0 atom stereocenters. The Bertz CT molecular complexity index is 729. The van der Waals surface area contributed by atoms with Crippen molar-refractivity contribution in [1.82, 2.24) is 4.90 Å². The lowest BCUT2D eigenvalue weighted by Crippen LogP contribution is -2.51. The fourth-order valence-electron chi connectivity index (χ4n) is 3.17. The number of amides is 1. The summed E-state index contributed by atoms with van der Waals surface area (Å²) in [7, 11) is 0. The molecule has 1 spiro atoms. The van der Waals surface area contributed by atoms with Crippen LogP contribution in [-0.4, -0.2) is 52.8 Å². The fraction of sp³-hybridized carbons (Fsp3) is 0.389. The van der Waals surface area contributed by atoms with Crippen LogP contribution in [0.1, 0.15) is 35.7 Å². The van der Waals surface area contributed by atoms with Crippen LogP contribution in [0.3, 0.4) is 0 Å². The zero-order valence-electron chi connectivity index (χ0n) is 13.4. The molecular formula is C18H19NO5. The third-order valence-corrected chi connectivity index (χ3v) is 4.60. The predicted molar refractivity (Wildman–Crippen MR) is 86.7 cm³/mol. The van der Waals surface area contributed by atoms with E-state index in [4.69, 9.17) is 9.84 Å². The molecule has 126 valence electrons. The van der Waals surface area contributed by atoms with Crippen LogP contribution < -0.4 is 4.74 Å². The Hall–Kier alpha value is -2.47. The molecule has 1 N–H and O–H groups in total. The van der Waals surface area contributed by atoms with Gasteiger partial charge < -0.3 is 14.7 Å². The first-order valence-electron chi connectivity index (χ1n) is 7.90. The van der Waals surface area contributed by atoms with Gasteiger partial charge in [-0.1, -0.05) is 12.1 Å². The van der Waals surface area contributed by atoms with Crippen LogP contribution in [-0.2, 0) is 9.59 Å². The molecule has 3 rings (SSSR count). The van der Waals surface area contributed by atoms with Crippen LogP contribution in [0.2, 0.25) is 0 Å². The highest BCUT2D eigenvalue weighted by molar-refractivity contribution is 6.08. The largest absolute Gasteiger partial charge is 0.478 e. The minimum absolute atomic E-state index is 0.00813. The van der Waals surface area contributed by atoms with E-state index in [1.165, 1.54) is 13.0 Å². The minimum Gasteiger partial charge on any atom is -0.478 e. The Morgan fingerprint density at radius 3 is 2.67 bits per heavy atom. The van der Waals surface area contributed by atoms with Crippen molar-refractivity contribution in [1.29, 1.82) is 0 Å². The smallest absolute Gasteiger partial charge is 0.219 e. The summed E-state index contributed by atoms with van der Waals surface area (Å²) in [4.78, 5) is 37.2. The molecule has 2 aliphatic rings. The van der Waals surface area contributed by atoms with E-state index in [1.54, 1.807) is 29.2 Å². The fourth-order valence-corrected chi connectivity index (χ4v) is 3.17. The Kier molecular flexibility index (Phi) is 4.24. The Balaban J connectivity index is 1.80. The van der Waals surface area contributed by atoms with Gasteiger partial charge in [0.2, 0.25) is 11.7 Å². The van der Waals surface area contributed by atoms with Gasteiger partial charge in [-0.3, -0.25) is 14.4 Å². The van der Waals surface area contributed by atoms with Crippen LogP contribution in [0.5, 0.6) is 5.75 Å². The van der Waals surface area contributed by atoms with Gasteiger partial charge in [-0.2, -0.15) is 0 Å². The maximum Gasteiger partial charge on any atom is 0.219 e. The van der Waals surface area contributed by atoms with Gasteiger partial charge >= 0.3 is 0 Å². The number of aliphatic hydroxyl groups is 1. The molecule has 1 aromatic carbocycles. The van der Waals surface area contributed by atoms with E-state index >= 15 is 0 Å². The molecule has 0 radical (unpaired) electrons. The topological polar surface area (TPSA) is 83.9 Å². The van der Waals surface area contributed by atoms with Crippen molar-refractivity contribution in [2.75, 3.05) is 19.7 Å². The zero-order valence-corrected chi connectivity index (χ0v) is 13.4. The van der Waals surface area contributed by atoms with Crippen LogP contribution in [0.15, 0.2) is 24.3 Å². The number of hydrogen-bond acceptors (Lipinski definition) is 5. The van der Waals surface area contributed by atoms with E-state index in [2.05, 4.69) is 0 Å². The Morgan fingerprint density at radius 2 is 2.04 bits per heavy atom. The molecule has 0 aliphatic carbocycles. The number of Topliss-reactive ketones (excluding diaryl/α,β-unsaturated/α-hetero) is 1. The van der Waals surface area contributed by atoms with Gasteiger partial charge in [0.05, 0.1) is 5.56 Å². The van der Waals surface area contributed by atoms with Gasteiger partial charge in [0.1, 0.15) is 12.4 Å². The highest BCUT2D eigenvalue weighted by Gasteiger charge is 2.49. The van der Waals surface area contributed by atoms with E-state index in [9.17, 15) is 14.4 Å². The van der Waals surface area contributed by atoms with Gasteiger partial charge in [-0.15, -0.1) is 0 Å². The number of likely N-dealkylation sites (tertiary alicyclic amines) is 1. The van der Waals surface area contributed by atoms with Crippen molar-refractivity contribution in [3.05, 3.63) is 35.4 Å². The molecule has 1 aromatic rings. The summed E-state index contributed by atoms with van der Waals surface area (Å²) in [6.07, 6.45) is 3.81. The first-order valence-corrected chi connectivity index (χ1v) is 7.90. The molecule has 2 aliphatic heterocycles. The molecule has 6 heteroatoms. The van der Waals surface area contributed by atoms with E-state index in [0.29, 0.717) is 42.8 Å². The summed E-state index contributed by atoms with van der Waals surface area (Å²) in [6, 6.07) is 5.18. The van der Waals surface area contributed by atoms with Crippen molar-refractivity contribution in [3.63, 3.8) is 0 Å². The second kappa shape index (κ2) is 6.20. The van der Waals surface area contributed by atoms with Gasteiger partial charge in [-0.25, -0.2) is 0 Å². The quantitative estimate of drug-likeness (QED) is 0.843. The van der Waals surface area contributed by atoms with Crippen molar-refractivity contribution in [2.45, 2.75) is 25.4 Å². The van der Waals surface area contributed by atoms with Crippen molar-refractivity contribution >= 4 is 23.5 Å². The Morgan fingerprint density at radius 1 is 1.33 bits per heavy atom. The number of fused-ring (bicyclic) bond motifs is 1. The molecule has 6 nitrogen and oxygen atoms in total. The number of piperidine rings is 1. The second-order valence-electron chi connectivity index (χ2n) is 6.14. The maximum absolute atomic E-state index is 12.8. The number of benzene rings is 1. The van der Waals surface area contributed by atoms with Gasteiger partial charge in [0.15, 0.2) is 11.4 Å². The molecule has 2 heterocycles. The molecule has 0 bridgehead atoms. The SMILES string of the molecule is CC(=O)N1CCC2(CC1)Oc1ccc(/C=C/C(=O)CO)cc1C2=O. The van der Waals surface area contributed by atoms with Gasteiger partial charge in [-0.05, 0) is 23.8 Å². The molecule has 1 amide bonds. The zero-order chi connectivity index (χ0) is 17.3. The molecule has 24 heavy (non-hydrogen) atoms. The number of rotatable bonds is 3. The normalized spacial score (nSPS) is 18.8. The molecule has 0 unspecified atom stereocenters. The first kappa shape index (κ1) is 16.4. The minimum atomic E-state index is -0.877. The standard InChI is InChI=1S/C18H19NO5/c1-12(21)19-8-6-18(7-9-19)17(23)15-10-13(2-4-14(22)11-20)3-5-16(15)24-18/h2-5,10,20H,6-9,11H2,1H3/b4-2+. The van der Waals surface area contributed by atoms with Crippen molar-refractivity contribution in [3.8, 4) is 5.75 Å². The summed E-state index contributed by atoms with van der Waals surface area (Å²) in [5, 5.41) is 8.73. The summed E-state index contributed by atoms with van der Waals surface area (Å²) >= 11 is 0. The molecular weight excluding hydrogens is 310 g/mol. The summed E-state index contributed by atoms with van der Waals surface area (Å²) in [5.74, 6) is 0.0891. The van der Waals surface area contributed by atoms with Crippen molar-refractivity contribution in [2.24, 2.45) is 0 Å².